The Balaban J connectivity index is 1.61. The van der Waals surface area contributed by atoms with Crippen molar-refractivity contribution in [2.24, 2.45) is 46.3 Å². The second-order valence-electron chi connectivity index (χ2n) is 11.4. The molecule has 0 radical (unpaired) electrons. The maximum atomic E-state index is 11.5. The van der Waals surface area contributed by atoms with E-state index in [1.807, 2.05) is 0 Å². The molecule has 5 heteroatoms. The Morgan fingerprint density at radius 2 is 1.76 bits per heavy atom. The molecule has 0 aromatic rings. The second-order valence-corrected chi connectivity index (χ2v) is 11.4. The van der Waals surface area contributed by atoms with Crippen LogP contribution in [0.25, 0.3) is 0 Å². The van der Waals surface area contributed by atoms with Gasteiger partial charge in [0.05, 0.1) is 18.3 Å². The molecule has 0 bridgehead atoms. The third kappa shape index (κ3) is 3.27. The molecule has 29 heavy (non-hydrogen) atoms. The summed E-state index contributed by atoms with van der Waals surface area (Å²) in [7, 11) is 0. The standard InChI is InChI=1S/C24H40O5/c1-13(4-7-21(28)29)16-5-6-17-22-18(12-20(27)24(16,17)3)23(2)9-8-15(25)10-14(23)11-19(22)26/h13-20,22,25-27H,4-12H2,1-3H3,(H,28,29)/t13-,14?,15-,16-,17?,18+,19-,20+,22?,23?,24?/m1/s1. The first kappa shape index (κ1) is 21.6. The van der Waals surface area contributed by atoms with Gasteiger partial charge in [-0.15, -0.1) is 0 Å². The monoisotopic (exact) mass is 408 g/mol. The highest BCUT2D eigenvalue weighted by molar-refractivity contribution is 5.66. The van der Waals surface area contributed by atoms with E-state index in [1.54, 1.807) is 0 Å². The quantitative estimate of drug-likeness (QED) is 0.571. The number of fused-ring (bicyclic) bond motifs is 5. The zero-order chi connectivity index (χ0) is 21.1. The van der Waals surface area contributed by atoms with Crippen molar-refractivity contribution in [3.8, 4) is 0 Å². The van der Waals surface area contributed by atoms with Crippen LogP contribution in [0.15, 0.2) is 0 Å². The van der Waals surface area contributed by atoms with Crippen molar-refractivity contribution in [2.75, 3.05) is 0 Å². The molecule has 4 N–H and O–H groups in total. The third-order valence-corrected chi connectivity index (χ3v) is 10.3. The van der Waals surface area contributed by atoms with Gasteiger partial charge in [0.15, 0.2) is 0 Å². The summed E-state index contributed by atoms with van der Waals surface area (Å²) in [6, 6.07) is 0. The fraction of sp³-hybridized carbons (Fsp3) is 0.958. The van der Waals surface area contributed by atoms with E-state index in [2.05, 4.69) is 20.8 Å². The van der Waals surface area contributed by atoms with Gasteiger partial charge in [0, 0.05) is 6.42 Å². The zero-order valence-corrected chi connectivity index (χ0v) is 18.3. The van der Waals surface area contributed by atoms with Gasteiger partial charge in [0.25, 0.3) is 0 Å². The Kier molecular flexibility index (Phi) is 5.57. The van der Waals surface area contributed by atoms with E-state index in [4.69, 9.17) is 5.11 Å². The van der Waals surface area contributed by atoms with E-state index in [1.165, 1.54) is 0 Å². The molecule has 0 aromatic heterocycles. The normalized spacial score (nSPS) is 52.9. The SMILES string of the molecule is C[C@H](CCC(=O)O)[C@H]1CCC2C3[C@H](O)CC4C[C@H](O)CCC4(C)[C@H]3C[C@H](O)C21C. The number of rotatable bonds is 4. The van der Waals surface area contributed by atoms with Gasteiger partial charge in [0.2, 0.25) is 0 Å². The van der Waals surface area contributed by atoms with E-state index < -0.39 is 12.1 Å². The summed E-state index contributed by atoms with van der Waals surface area (Å²) < 4.78 is 0. The largest absolute Gasteiger partial charge is 0.481 e. The molecule has 4 saturated carbocycles. The van der Waals surface area contributed by atoms with Crippen LogP contribution in [-0.2, 0) is 4.79 Å². The number of aliphatic hydroxyl groups is 3. The van der Waals surface area contributed by atoms with Gasteiger partial charge in [-0.2, -0.15) is 0 Å². The lowest BCUT2D eigenvalue weighted by atomic mass is 9.43. The minimum Gasteiger partial charge on any atom is -0.481 e. The fourth-order valence-electron chi connectivity index (χ4n) is 8.68. The molecule has 166 valence electrons. The van der Waals surface area contributed by atoms with Gasteiger partial charge in [-0.05, 0) is 97.7 Å². The van der Waals surface area contributed by atoms with E-state index in [-0.39, 0.29) is 41.3 Å². The number of aliphatic hydroxyl groups excluding tert-OH is 3. The van der Waals surface area contributed by atoms with Crippen molar-refractivity contribution in [2.45, 2.75) is 96.9 Å². The summed E-state index contributed by atoms with van der Waals surface area (Å²) in [4.78, 5) is 11.1. The fourth-order valence-corrected chi connectivity index (χ4v) is 8.68. The number of hydrogen-bond donors (Lipinski definition) is 4. The second kappa shape index (κ2) is 7.49. The molecule has 4 aliphatic rings. The highest BCUT2D eigenvalue weighted by Gasteiger charge is 2.65. The summed E-state index contributed by atoms with van der Waals surface area (Å²) in [6.07, 6.45) is 6.00. The van der Waals surface area contributed by atoms with Crippen LogP contribution >= 0.6 is 0 Å². The topological polar surface area (TPSA) is 98.0 Å². The summed E-state index contributed by atoms with van der Waals surface area (Å²) in [6.45, 7) is 6.72. The molecule has 4 fully saturated rings. The van der Waals surface area contributed by atoms with Gasteiger partial charge >= 0.3 is 5.97 Å². The molecule has 0 spiro atoms. The molecule has 0 amide bonds. The molecule has 0 saturated heterocycles. The molecule has 5 nitrogen and oxygen atoms in total. The molecule has 0 heterocycles. The van der Waals surface area contributed by atoms with E-state index >= 15 is 0 Å². The van der Waals surface area contributed by atoms with Crippen LogP contribution in [0.2, 0.25) is 0 Å². The van der Waals surface area contributed by atoms with Crippen LogP contribution in [0.4, 0.5) is 0 Å². The van der Waals surface area contributed by atoms with Crippen molar-refractivity contribution < 1.29 is 25.2 Å². The molecule has 0 aromatic carbocycles. The first-order valence-corrected chi connectivity index (χ1v) is 11.8. The lowest BCUT2D eigenvalue weighted by molar-refractivity contribution is -0.207. The maximum absolute atomic E-state index is 11.5. The van der Waals surface area contributed by atoms with Crippen LogP contribution in [0.5, 0.6) is 0 Å². The minimum absolute atomic E-state index is 0.0957. The molecule has 4 rings (SSSR count). The number of carboxylic acid groups (broad SMARTS) is 1. The predicted octanol–water partition coefficient (Wildman–Crippen LogP) is 3.45. The number of carbonyl (C=O) groups is 1. The lowest BCUT2D eigenvalue weighted by Crippen LogP contribution is -2.62. The van der Waals surface area contributed by atoms with Crippen molar-refractivity contribution in [1.29, 1.82) is 0 Å². The lowest BCUT2D eigenvalue weighted by Gasteiger charge is -2.63. The molecular weight excluding hydrogens is 368 g/mol. The van der Waals surface area contributed by atoms with Crippen LogP contribution in [0.3, 0.4) is 0 Å². The molecule has 0 aliphatic heterocycles. The Bertz CT molecular complexity index is 637. The van der Waals surface area contributed by atoms with Gasteiger partial charge in [-0.1, -0.05) is 20.8 Å². The van der Waals surface area contributed by atoms with Crippen molar-refractivity contribution in [3.05, 3.63) is 0 Å². The van der Waals surface area contributed by atoms with Crippen molar-refractivity contribution >= 4 is 5.97 Å². The van der Waals surface area contributed by atoms with Crippen LogP contribution < -0.4 is 0 Å². The molecule has 11 atom stereocenters. The maximum Gasteiger partial charge on any atom is 0.303 e. The van der Waals surface area contributed by atoms with E-state index in [0.717, 1.165) is 44.9 Å². The highest BCUT2D eigenvalue weighted by Crippen LogP contribution is 2.68. The third-order valence-electron chi connectivity index (χ3n) is 10.3. The predicted molar refractivity (Wildman–Crippen MR) is 110 cm³/mol. The van der Waals surface area contributed by atoms with Gasteiger partial charge in [0.1, 0.15) is 0 Å². The van der Waals surface area contributed by atoms with E-state index in [0.29, 0.717) is 30.1 Å². The summed E-state index contributed by atoms with van der Waals surface area (Å²) >= 11 is 0. The van der Waals surface area contributed by atoms with Crippen LogP contribution in [-0.4, -0.2) is 44.7 Å². The minimum atomic E-state index is -0.748. The first-order valence-electron chi connectivity index (χ1n) is 11.8. The van der Waals surface area contributed by atoms with Gasteiger partial charge < -0.3 is 20.4 Å². The number of carboxylic acids is 1. The smallest absolute Gasteiger partial charge is 0.303 e. The number of hydrogen-bond acceptors (Lipinski definition) is 4. The van der Waals surface area contributed by atoms with Crippen LogP contribution in [0.1, 0.15) is 78.6 Å². The average molecular weight is 409 g/mol. The zero-order valence-electron chi connectivity index (χ0n) is 18.3. The van der Waals surface area contributed by atoms with E-state index in [9.17, 15) is 20.1 Å². The summed E-state index contributed by atoms with van der Waals surface area (Å²) in [5, 5.41) is 42.0. The summed E-state index contributed by atoms with van der Waals surface area (Å²) in [5.41, 5.74) is -0.143. The van der Waals surface area contributed by atoms with Crippen molar-refractivity contribution in [3.63, 3.8) is 0 Å². The van der Waals surface area contributed by atoms with Crippen LogP contribution in [0, 0.1) is 46.3 Å². The first-order chi connectivity index (χ1) is 13.6. The Labute approximate surface area is 174 Å². The molecule has 5 unspecified atom stereocenters. The van der Waals surface area contributed by atoms with Crippen molar-refractivity contribution in [1.82, 2.24) is 0 Å². The Hall–Kier alpha value is -0.650. The van der Waals surface area contributed by atoms with Gasteiger partial charge in [-0.3, -0.25) is 4.79 Å². The average Bonchev–Trinajstić information content (AvgIpc) is 3.01. The van der Waals surface area contributed by atoms with Gasteiger partial charge in [-0.25, -0.2) is 0 Å². The Morgan fingerprint density at radius 1 is 1.03 bits per heavy atom. The highest BCUT2D eigenvalue weighted by atomic mass is 16.4. The molecular formula is C24H40O5. The summed E-state index contributed by atoms with van der Waals surface area (Å²) in [5.74, 6) is 0.997. The number of aliphatic carboxylic acids is 1. The molecule has 4 aliphatic carbocycles. The Morgan fingerprint density at radius 3 is 2.45 bits per heavy atom.